The molecule has 0 unspecified atom stereocenters. The van der Waals surface area contributed by atoms with Crippen molar-refractivity contribution in [2.24, 2.45) is 5.92 Å². The van der Waals surface area contributed by atoms with Crippen LogP contribution in [0.5, 0.6) is 0 Å². The molecule has 1 aliphatic rings. The van der Waals surface area contributed by atoms with Crippen molar-refractivity contribution >= 4 is 21.6 Å². The highest BCUT2D eigenvalue weighted by atomic mass is 32.2. The Morgan fingerprint density at radius 1 is 1.20 bits per heavy atom. The molecule has 2 heterocycles. The van der Waals surface area contributed by atoms with Crippen LogP contribution in [0.4, 0.5) is 5.82 Å². The van der Waals surface area contributed by atoms with Crippen LogP contribution in [0.15, 0.2) is 35.4 Å². The number of hydrogen-bond donors (Lipinski definition) is 0. The number of rotatable bonds is 7. The first-order valence-electron chi connectivity index (χ1n) is 10.3. The summed E-state index contributed by atoms with van der Waals surface area (Å²) in [5.41, 5.74) is 2.49. The maximum atomic E-state index is 11.9. The Morgan fingerprint density at radius 2 is 1.87 bits per heavy atom. The Hall–Kier alpha value is -2.48. The number of aromatic nitrogens is 2. The van der Waals surface area contributed by atoms with Crippen LogP contribution >= 0.6 is 0 Å². The Balaban J connectivity index is 1.92. The molecule has 1 saturated heterocycles. The second-order valence-electron chi connectivity index (χ2n) is 7.72. The number of carbonyl (C=O) groups is 1. The third-order valence-corrected chi connectivity index (χ3v) is 6.60. The van der Waals surface area contributed by atoms with Crippen molar-refractivity contribution in [2.75, 3.05) is 31.4 Å². The first-order chi connectivity index (χ1) is 14.3. The lowest BCUT2D eigenvalue weighted by molar-refractivity contribution is -0.146. The summed E-state index contributed by atoms with van der Waals surface area (Å²) >= 11 is 0. The maximum Gasteiger partial charge on any atom is 0.308 e. The summed E-state index contributed by atoms with van der Waals surface area (Å²) in [6.45, 7) is 3.53. The maximum absolute atomic E-state index is 11.9. The van der Waals surface area contributed by atoms with Gasteiger partial charge in [0.15, 0.2) is 15.7 Å². The van der Waals surface area contributed by atoms with Gasteiger partial charge >= 0.3 is 5.97 Å². The minimum atomic E-state index is -3.26. The Bertz CT molecular complexity index is 982. The van der Waals surface area contributed by atoms with Gasteiger partial charge in [-0.25, -0.2) is 13.4 Å². The normalized spacial score (nSPS) is 15.2. The van der Waals surface area contributed by atoms with Crippen molar-refractivity contribution in [3.63, 3.8) is 0 Å². The Kier molecular flexibility index (Phi) is 7.07. The van der Waals surface area contributed by atoms with Gasteiger partial charge < -0.3 is 9.64 Å². The predicted octanol–water partition coefficient (Wildman–Crippen LogP) is 3.28. The molecule has 1 aromatic carbocycles. The molecule has 1 fully saturated rings. The van der Waals surface area contributed by atoms with Gasteiger partial charge in [0.25, 0.3) is 0 Å². The van der Waals surface area contributed by atoms with E-state index in [9.17, 15) is 13.2 Å². The number of sulfone groups is 1. The molecule has 0 N–H and O–H groups in total. The summed E-state index contributed by atoms with van der Waals surface area (Å²) < 4.78 is 28.4. The predicted molar refractivity (Wildman–Crippen MR) is 116 cm³/mol. The number of hydrogen-bond acceptors (Lipinski definition) is 7. The van der Waals surface area contributed by atoms with Crippen LogP contribution in [0.3, 0.4) is 0 Å². The van der Waals surface area contributed by atoms with Crippen LogP contribution in [-0.4, -0.2) is 50.8 Å². The smallest absolute Gasteiger partial charge is 0.308 e. The van der Waals surface area contributed by atoms with Gasteiger partial charge in [0.05, 0.1) is 23.6 Å². The van der Waals surface area contributed by atoms with Gasteiger partial charge in [0.1, 0.15) is 5.69 Å². The first-order valence-corrected chi connectivity index (χ1v) is 12.2. The van der Waals surface area contributed by atoms with Gasteiger partial charge in [-0.3, -0.25) is 9.78 Å². The van der Waals surface area contributed by atoms with Crippen LogP contribution in [0, 0.1) is 5.92 Å². The number of nitrogens with zero attached hydrogens (tertiary/aromatic N) is 3. The van der Waals surface area contributed by atoms with Gasteiger partial charge in [-0.05, 0) is 37.8 Å². The quantitative estimate of drug-likeness (QED) is 0.622. The Labute approximate surface area is 178 Å². The molecule has 1 aliphatic heterocycles. The second kappa shape index (κ2) is 9.55. The first kappa shape index (κ1) is 22.2. The standard InChI is InChI=1S/C22H29N3O4S/c1-4-5-6-18-15-23-20(16-7-9-19(10-8-16)30(3,27)28)21(24-18)25-13-11-17(12-14-25)22(26)29-2/h7-10,15,17H,4-6,11-14H2,1-3H3. The van der Waals surface area contributed by atoms with Gasteiger partial charge in [0, 0.05) is 31.1 Å². The van der Waals surface area contributed by atoms with Crippen molar-refractivity contribution in [3.8, 4) is 11.3 Å². The second-order valence-corrected chi connectivity index (χ2v) is 9.73. The SMILES string of the molecule is CCCCc1cnc(-c2ccc(S(C)(=O)=O)cc2)c(N2CCC(C(=O)OC)CC2)n1. The summed E-state index contributed by atoms with van der Waals surface area (Å²) in [6, 6.07) is 6.75. The molecule has 0 atom stereocenters. The van der Waals surface area contributed by atoms with E-state index in [0.29, 0.717) is 25.9 Å². The fraction of sp³-hybridized carbons (Fsp3) is 0.500. The van der Waals surface area contributed by atoms with Gasteiger partial charge in [-0.15, -0.1) is 0 Å². The summed E-state index contributed by atoms with van der Waals surface area (Å²) in [6.07, 6.45) is 7.40. The monoisotopic (exact) mass is 431 g/mol. The van der Waals surface area contributed by atoms with E-state index in [2.05, 4.69) is 11.8 Å². The fourth-order valence-corrected chi connectivity index (χ4v) is 4.30. The molecule has 162 valence electrons. The molecule has 0 amide bonds. The third kappa shape index (κ3) is 5.16. The van der Waals surface area contributed by atoms with Crippen molar-refractivity contribution in [2.45, 2.75) is 43.9 Å². The van der Waals surface area contributed by atoms with Gasteiger partial charge in [-0.2, -0.15) is 0 Å². The van der Waals surface area contributed by atoms with E-state index < -0.39 is 9.84 Å². The number of carbonyl (C=O) groups excluding carboxylic acids is 1. The number of ether oxygens (including phenoxy) is 1. The van der Waals surface area contributed by atoms with E-state index >= 15 is 0 Å². The summed E-state index contributed by atoms with van der Waals surface area (Å²) in [7, 11) is -1.83. The topological polar surface area (TPSA) is 89.5 Å². The lowest BCUT2D eigenvalue weighted by Gasteiger charge is -2.32. The average Bonchev–Trinajstić information content (AvgIpc) is 2.76. The lowest BCUT2D eigenvalue weighted by atomic mass is 9.96. The Morgan fingerprint density at radius 3 is 2.43 bits per heavy atom. The van der Waals surface area contributed by atoms with E-state index in [4.69, 9.17) is 14.7 Å². The summed E-state index contributed by atoms with van der Waals surface area (Å²) in [5, 5.41) is 0. The molecular weight excluding hydrogens is 402 g/mol. The number of aryl methyl sites for hydroxylation is 1. The molecule has 1 aromatic heterocycles. The number of methoxy groups -OCH3 is 1. The van der Waals surface area contributed by atoms with Gasteiger partial charge in [-0.1, -0.05) is 25.5 Å². The largest absolute Gasteiger partial charge is 0.469 e. The molecule has 0 bridgehead atoms. The fourth-order valence-electron chi connectivity index (χ4n) is 3.67. The molecule has 0 saturated carbocycles. The molecule has 0 radical (unpaired) electrons. The highest BCUT2D eigenvalue weighted by Crippen LogP contribution is 2.31. The highest BCUT2D eigenvalue weighted by Gasteiger charge is 2.28. The van der Waals surface area contributed by atoms with E-state index in [0.717, 1.165) is 42.0 Å². The molecule has 8 heteroatoms. The van der Waals surface area contributed by atoms with Crippen molar-refractivity contribution in [3.05, 3.63) is 36.2 Å². The molecule has 0 spiro atoms. The number of unbranched alkanes of at least 4 members (excludes halogenated alkanes) is 1. The van der Waals surface area contributed by atoms with Crippen molar-refractivity contribution in [1.82, 2.24) is 9.97 Å². The molecule has 3 rings (SSSR count). The zero-order valence-corrected chi connectivity index (χ0v) is 18.6. The van der Waals surface area contributed by atoms with E-state index in [-0.39, 0.29) is 16.8 Å². The van der Waals surface area contributed by atoms with Crippen LogP contribution in [0.1, 0.15) is 38.3 Å². The summed E-state index contributed by atoms with van der Waals surface area (Å²) in [4.78, 5) is 23.9. The van der Waals surface area contributed by atoms with Crippen LogP contribution < -0.4 is 4.90 Å². The zero-order chi connectivity index (χ0) is 21.7. The molecule has 2 aromatic rings. The lowest BCUT2D eigenvalue weighted by Crippen LogP contribution is -2.37. The number of benzene rings is 1. The summed E-state index contributed by atoms with van der Waals surface area (Å²) in [5.74, 6) is 0.549. The molecule has 0 aliphatic carbocycles. The molecule has 7 nitrogen and oxygen atoms in total. The number of anilines is 1. The van der Waals surface area contributed by atoms with Crippen LogP contribution in [-0.2, 0) is 25.8 Å². The minimum Gasteiger partial charge on any atom is -0.469 e. The van der Waals surface area contributed by atoms with E-state index in [1.165, 1.54) is 13.4 Å². The van der Waals surface area contributed by atoms with Crippen LogP contribution in [0.25, 0.3) is 11.3 Å². The molecular formula is C22H29N3O4S. The third-order valence-electron chi connectivity index (χ3n) is 5.48. The molecule has 30 heavy (non-hydrogen) atoms. The minimum absolute atomic E-state index is 0.0834. The average molecular weight is 432 g/mol. The van der Waals surface area contributed by atoms with Gasteiger partial charge in [0.2, 0.25) is 0 Å². The van der Waals surface area contributed by atoms with Crippen molar-refractivity contribution in [1.29, 1.82) is 0 Å². The number of piperidine rings is 1. The van der Waals surface area contributed by atoms with Crippen molar-refractivity contribution < 1.29 is 17.9 Å². The zero-order valence-electron chi connectivity index (χ0n) is 17.8. The number of esters is 1. The van der Waals surface area contributed by atoms with E-state index in [1.807, 2.05) is 0 Å². The van der Waals surface area contributed by atoms with E-state index in [1.54, 1.807) is 30.5 Å². The van der Waals surface area contributed by atoms with Crippen LogP contribution in [0.2, 0.25) is 0 Å². The highest BCUT2D eigenvalue weighted by molar-refractivity contribution is 7.90.